The van der Waals surface area contributed by atoms with E-state index >= 15 is 0 Å². The van der Waals surface area contributed by atoms with Crippen LogP contribution in [0.5, 0.6) is 0 Å². The molecule has 1 amide bonds. The van der Waals surface area contributed by atoms with Gasteiger partial charge in [-0.25, -0.2) is 0 Å². The summed E-state index contributed by atoms with van der Waals surface area (Å²) in [6, 6.07) is 16.3. The second-order valence-corrected chi connectivity index (χ2v) is 5.14. The summed E-state index contributed by atoms with van der Waals surface area (Å²) in [5, 5.41) is 10.2. The summed E-state index contributed by atoms with van der Waals surface area (Å²) in [6.07, 6.45) is 3.08. The molecule has 3 heterocycles. The first kappa shape index (κ1) is 14.8. The number of nitrogens with one attached hydrogen (secondary N) is 1. The molecule has 0 saturated heterocycles. The van der Waals surface area contributed by atoms with Gasteiger partial charge >= 0.3 is 6.01 Å². The van der Waals surface area contributed by atoms with Gasteiger partial charge < -0.3 is 8.83 Å². The van der Waals surface area contributed by atoms with Crippen molar-refractivity contribution in [1.29, 1.82) is 0 Å². The SMILES string of the molecule is O=C(Nc1nnc(-c2ccco2)o1)c1ccnc(-c2ccccc2)c1. The van der Waals surface area contributed by atoms with Crippen LogP contribution in [0, 0.1) is 0 Å². The van der Waals surface area contributed by atoms with Crippen LogP contribution in [0.4, 0.5) is 6.01 Å². The maximum Gasteiger partial charge on any atom is 0.322 e. The van der Waals surface area contributed by atoms with Crippen molar-refractivity contribution >= 4 is 11.9 Å². The van der Waals surface area contributed by atoms with Crippen molar-refractivity contribution in [1.82, 2.24) is 15.2 Å². The molecule has 0 aliphatic carbocycles. The van der Waals surface area contributed by atoms with E-state index in [1.807, 2.05) is 30.3 Å². The largest absolute Gasteiger partial charge is 0.459 e. The Morgan fingerprint density at radius 3 is 2.68 bits per heavy atom. The molecular weight excluding hydrogens is 320 g/mol. The predicted molar refractivity (Wildman–Crippen MR) is 89.6 cm³/mol. The normalized spacial score (nSPS) is 10.6. The summed E-state index contributed by atoms with van der Waals surface area (Å²) in [6.45, 7) is 0. The minimum Gasteiger partial charge on any atom is -0.459 e. The van der Waals surface area contributed by atoms with E-state index in [9.17, 15) is 4.79 Å². The molecule has 0 saturated carbocycles. The lowest BCUT2D eigenvalue weighted by Crippen LogP contribution is -2.12. The van der Waals surface area contributed by atoms with Gasteiger partial charge in [0.15, 0.2) is 5.76 Å². The number of hydrogen-bond donors (Lipinski definition) is 1. The maximum absolute atomic E-state index is 12.4. The van der Waals surface area contributed by atoms with Gasteiger partial charge in [-0.05, 0) is 24.3 Å². The van der Waals surface area contributed by atoms with Crippen LogP contribution in [-0.2, 0) is 0 Å². The monoisotopic (exact) mass is 332 g/mol. The molecule has 7 heteroatoms. The standard InChI is InChI=1S/C18H12N4O3/c23-16(20-18-22-21-17(25-18)15-7-4-10-24-15)13-8-9-19-14(11-13)12-5-2-1-3-6-12/h1-11H,(H,20,22,23). The molecule has 1 aromatic carbocycles. The Labute approximate surface area is 142 Å². The molecule has 122 valence electrons. The van der Waals surface area contributed by atoms with Crippen LogP contribution in [0.3, 0.4) is 0 Å². The van der Waals surface area contributed by atoms with Gasteiger partial charge in [0, 0.05) is 17.3 Å². The van der Waals surface area contributed by atoms with Crippen LogP contribution >= 0.6 is 0 Å². The fraction of sp³-hybridized carbons (Fsp3) is 0. The lowest BCUT2D eigenvalue weighted by Gasteiger charge is -2.04. The van der Waals surface area contributed by atoms with Gasteiger partial charge in [-0.1, -0.05) is 35.4 Å². The minimum absolute atomic E-state index is 0.00512. The van der Waals surface area contributed by atoms with Crippen molar-refractivity contribution in [2.75, 3.05) is 5.32 Å². The fourth-order valence-electron chi connectivity index (χ4n) is 2.28. The van der Waals surface area contributed by atoms with Crippen LogP contribution in [0.25, 0.3) is 22.9 Å². The average molecular weight is 332 g/mol. The third kappa shape index (κ3) is 3.16. The lowest BCUT2D eigenvalue weighted by molar-refractivity contribution is 0.102. The lowest BCUT2D eigenvalue weighted by atomic mass is 10.1. The Kier molecular flexibility index (Phi) is 3.80. The van der Waals surface area contributed by atoms with Gasteiger partial charge in [0.1, 0.15) is 0 Å². The van der Waals surface area contributed by atoms with Gasteiger partial charge in [-0.2, -0.15) is 0 Å². The summed E-state index contributed by atoms with van der Waals surface area (Å²) >= 11 is 0. The number of benzene rings is 1. The first-order valence-corrected chi connectivity index (χ1v) is 7.50. The number of furan rings is 1. The van der Waals surface area contributed by atoms with E-state index in [0.717, 1.165) is 5.56 Å². The van der Waals surface area contributed by atoms with E-state index in [1.54, 1.807) is 30.5 Å². The van der Waals surface area contributed by atoms with Crippen molar-refractivity contribution in [3.8, 4) is 22.9 Å². The molecule has 1 N–H and O–H groups in total. The van der Waals surface area contributed by atoms with E-state index in [2.05, 4.69) is 20.5 Å². The Morgan fingerprint density at radius 1 is 1.00 bits per heavy atom. The highest BCUT2D eigenvalue weighted by Gasteiger charge is 2.14. The molecule has 0 aliphatic rings. The third-order valence-electron chi connectivity index (χ3n) is 3.47. The molecule has 0 spiro atoms. The summed E-state index contributed by atoms with van der Waals surface area (Å²) in [7, 11) is 0. The Bertz CT molecular complexity index is 994. The molecule has 0 fully saturated rings. The fourth-order valence-corrected chi connectivity index (χ4v) is 2.28. The van der Waals surface area contributed by atoms with Gasteiger partial charge in [0.05, 0.1) is 12.0 Å². The molecular formula is C18H12N4O3. The number of rotatable bonds is 4. The van der Waals surface area contributed by atoms with Gasteiger partial charge in [0.2, 0.25) is 0 Å². The first-order valence-electron chi connectivity index (χ1n) is 7.50. The number of hydrogen-bond acceptors (Lipinski definition) is 6. The minimum atomic E-state index is -0.366. The van der Waals surface area contributed by atoms with E-state index < -0.39 is 0 Å². The van der Waals surface area contributed by atoms with Gasteiger partial charge in [-0.3, -0.25) is 15.1 Å². The number of aromatic nitrogens is 3. The van der Waals surface area contributed by atoms with E-state index in [-0.39, 0.29) is 17.8 Å². The molecule has 0 radical (unpaired) electrons. The second-order valence-electron chi connectivity index (χ2n) is 5.14. The Balaban J connectivity index is 1.54. The molecule has 0 bridgehead atoms. The van der Waals surface area contributed by atoms with Crippen LogP contribution in [0.1, 0.15) is 10.4 Å². The molecule has 0 unspecified atom stereocenters. The zero-order chi connectivity index (χ0) is 17.1. The van der Waals surface area contributed by atoms with Crippen LogP contribution in [0.2, 0.25) is 0 Å². The predicted octanol–water partition coefficient (Wildman–Crippen LogP) is 3.64. The molecule has 4 aromatic rings. The molecule has 7 nitrogen and oxygen atoms in total. The molecule has 25 heavy (non-hydrogen) atoms. The Hall–Kier alpha value is -3.74. The zero-order valence-electron chi connectivity index (χ0n) is 12.9. The van der Waals surface area contributed by atoms with Gasteiger partial charge in [0.25, 0.3) is 11.8 Å². The van der Waals surface area contributed by atoms with E-state index in [0.29, 0.717) is 17.0 Å². The van der Waals surface area contributed by atoms with Crippen molar-refractivity contribution < 1.29 is 13.6 Å². The van der Waals surface area contributed by atoms with Crippen molar-refractivity contribution in [2.24, 2.45) is 0 Å². The Morgan fingerprint density at radius 2 is 1.88 bits per heavy atom. The van der Waals surface area contributed by atoms with Gasteiger partial charge in [-0.15, -0.1) is 5.10 Å². The van der Waals surface area contributed by atoms with Crippen LogP contribution < -0.4 is 5.32 Å². The third-order valence-corrected chi connectivity index (χ3v) is 3.47. The molecule has 0 aliphatic heterocycles. The summed E-state index contributed by atoms with van der Waals surface area (Å²) < 4.78 is 10.5. The van der Waals surface area contributed by atoms with Crippen molar-refractivity contribution in [3.63, 3.8) is 0 Å². The van der Waals surface area contributed by atoms with E-state index in [1.165, 1.54) is 6.26 Å². The highest BCUT2D eigenvalue weighted by atomic mass is 16.4. The molecule has 0 atom stereocenters. The highest BCUT2D eigenvalue weighted by molar-refractivity contribution is 6.03. The second kappa shape index (κ2) is 6.40. The van der Waals surface area contributed by atoms with Crippen LogP contribution in [-0.4, -0.2) is 21.1 Å². The van der Waals surface area contributed by atoms with Crippen LogP contribution in [0.15, 0.2) is 75.9 Å². The summed E-state index contributed by atoms with van der Waals surface area (Å²) in [5.74, 6) is 0.262. The van der Waals surface area contributed by atoms with Crippen molar-refractivity contribution in [3.05, 3.63) is 72.6 Å². The summed E-state index contributed by atoms with van der Waals surface area (Å²) in [4.78, 5) is 16.7. The zero-order valence-corrected chi connectivity index (χ0v) is 12.9. The number of pyridine rings is 1. The topological polar surface area (TPSA) is 94.1 Å². The number of anilines is 1. The highest BCUT2D eigenvalue weighted by Crippen LogP contribution is 2.21. The maximum atomic E-state index is 12.4. The molecule has 4 rings (SSSR count). The average Bonchev–Trinajstić information content (AvgIpc) is 3.34. The summed E-state index contributed by atoms with van der Waals surface area (Å²) in [5.41, 5.74) is 2.07. The number of amides is 1. The quantitative estimate of drug-likeness (QED) is 0.613. The first-order chi connectivity index (χ1) is 12.3. The number of nitrogens with zero attached hydrogens (tertiary/aromatic N) is 3. The smallest absolute Gasteiger partial charge is 0.322 e. The molecule has 3 aromatic heterocycles. The number of carbonyl (C=O) groups is 1. The number of carbonyl (C=O) groups excluding carboxylic acids is 1. The van der Waals surface area contributed by atoms with E-state index in [4.69, 9.17) is 8.83 Å². The van der Waals surface area contributed by atoms with Crippen molar-refractivity contribution in [2.45, 2.75) is 0 Å².